The van der Waals surface area contributed by atoms with E-state index < -0.39 is 0 Å². The Hall–Kier alpha value is -0.610. The van der Waals surface area contributed by atoms with Crippen molar-refractivity contribution in [3.63, 3.8) is 0 Å². The van der Waals surface area contributed by atoms with Crippen molar-refractivity contribution in [3.05, 3.63) is 0 Å². The van der Waals surface area contributed by atoms with E-state index in [-0.39, 0.29) is 5.91 Å². The fraction of sp³-hybridized carbons (Fsp3) is 0.900. The van der Waals surface area contributed by atoms with Gasteiger partial charge in [0.05, 0.1) is 6.10 Å². The van der Waals surface area contributed by atoms with Gasteiger partial charge in [-0.05, 0) is 19.3 Å². The van der Waals surface area contributed by atoms with Gasteiger partial charge in [-0.25, -0.2) is 0 Å². The first-order chi connectivity index (χ1) is 6.72. The Balaban J connectivity index is 2.14. The minimum atomic E-state index is -0.239. The highest BCUT2D eigenvalue weighted by Gasteiger charge is 2.20. The van der Waals surface area contributed by atoms with Crippen LogP contribution >= 0.6 is 0 Å². The molecule has 1 fully saturated rings. The van der Waals surface area contributed by atoms with E-state index in [1.54, 1.807) is 0 Å². The normalized spacial score (nSPS) is 27.5. The summed E-state index contributed by atoms with van der Waals surface area (Å²) in [6, 6.07) is 0.494. The summed E-state index contributed by atoms with van der Waals surface area (Å²) in [5, 5.41) is 3.34. The van der Waals surface area contributed by atoms with E-state index in [1.807, 2.05) is 0 Å². The molecule has 0 aliphatic carbocycles. The molecule has 1 aliphatic heterocycles. The number of hydrogen-bond donors (Lipinski definition) is 2. The molecule has 0 radical (unpaired) electrons. The molecule has 4 nitrogen and oxygen atoms in total. The van der Waals surface area contributed by atoms with E-state index in [0.29, 0.717) is 25.1 Å². The Labute approximate surface area is 85.2 Å². The maximum atomic E-state index is 10.5. The van der Waals surface area contributed by atoms with Crippen molar-refractivity contribution in [1.82, 2.24) is 5.32 Å². The summed E-state index contributed by atoms with van der Waals surface area (Å²) in [5.74, 6) is -0.239. The molecule has 0 saturated carbocycles. The predicted molar refractivity (Wildman–Crippen MR) is 54.9 cm³/mol. The largest absolute Gasteiger partial charge is 0.378 e. The Bertz CT molecular complexity index is 185. The molecular formula is C10H20N2O2. The number of ether oxygens (including phenoxy) is 1. The minimum Gasteiger partial charge on any atom is -0.378 e. The van der Waals surface area contributed by atoms with Crippen LogP contribution in [0.25, 0.3) is 0 Å². The van der Waals surface area contributed by atoms with Crippen LogP contribution in [0.5, 0.6) is 0 Å². The first-order valence-corrected chi connectivity index (χ1v) is 5.35. The molecule has 3 N–H and O–H groups in total. The third kappa shape index (κ3) is 4.07. The van der Waals surface area contributed by atoms with Crippen molar-refractivity contribution in [2.24, 2.45) is 5.73 Å². The van der Waals surface area contributed by atoms with Gasteiger partial charge < -0.3 is 15.8 Å². The second kappa shape index (κ2) is 5.98. The molecule has 2 unspecified atom stereocenters. The van der Waals surface area contributed by atoms with Crippen molar-refractivity contribution in [3.8, 4) is 0 Å². The van der Waals surface area contributed by atoms with Gasteiger partial charge >= 0.3 is 0 Å². The Kier molecular flexibility index (Phi) is 4.90. The lowest BCUT2D eigenvalue weighted by Crippen LogP contribution is -2.40. The van der Waals surface area contributed by atoms with Crippen molar-refractivity contribution < 1.29 is 9.53 Å². The van der Waals surface area contributed by atoms with E-state index in [4.69, 9.17) is 10.5 Å². The maximum Gasteiger partial charge on any atom is 0.218 e. The highest BCUT2D eigenvalue weighted by atomic mass is 16.5. The lowest BCUT2D eigenvalue weighted by Gasteiger charge is -2.29. The van der Waals surface area contributed by atoms with Crippen LogP contribution in [-0.4, -0.2) is 31.2 Å². The van der Waals surface area contributed by atoms with Gasteiger partial charge in [-0.15, -0.1) is 0 Å². The molecular weight excluding hydrogens is 180 g/mol. The summed E-state index contributed by atoms with van der Waals surface area (Å²) in [5.41, 5.74) is 5.06. The van der Waals surface area contributed by atoms with Crippen LogP contribution in [0.2, 0.25) is 0 Å². The van der Waals surface area contributed by atoms with Crippen LogP contribution in [0.15, 0.2) is 0 Å². The van der Waals surface area contributed by atoms with E-state index in [9.17, 15) is 4.79 Å². The number of hydrogen-bond acceptors (Lipinski definition) is 3. The fourth-order valence-electron chi connectivity index (χ4n) is 1.75. The smallest absolute Gasteiger partial charge is 0.218 e. The van der Waals surface area contributed by atoms with Crippen LogP contribution in [0.4, 0.5) is 0 Å². The first kappa shape index (κ1) is 11.5. The van der Waals surface area contributed by atoms with E-state index in [2.05, 4.69) is 12.2 Å². The van der Waals surface area contributed by atoms with Gasteiger partial charge in [0.25, 0.3) is 0 Å². The molecule has 1 aliphatic rings. The van der Waals surface area contributed by atoms with Crippen molar-refractivity contribution in [2.45, 2.75) is 44.8 Å². The van der Waals surface area contributed by atoms with Crippen LogP contribution < -0.4 is 11.1 Å². The van der Waals surface area contributed by atoms with Gasteiger partial charge in [0.1, 0.15) is 0 Å². The zero-order chi connectivity index (χ0) is 10.4. The van der Waals surface area contributed by atoms with Gasteiger partial charge in [0, 0.05) is 25.6 Å². The molecule has 1 heterocycles. The number of carbonyl (C=O) groups is 1. The lowest BCUT2D eigenvalue weighted by molar-refractivity contribution is -0.117. The summed E-state index contributed by atoms with van der Waals surface area (Å²) in [6.07, 6.45) is 3.96. The molecule has 0 aromatic rings. The molecule has 1 rings (SSSR count). The van der Waals surface area contributed by atoms with Crippen molar-refractivity contribution in [1.29, 1.82) is 0 Å². The van der Waals surface area contributed by atoms with Gasteiger partial charge in [-0.1, -0.05) is 6.92 Å². The zero-order valence-corrected chi connectivity index (χ0v) is 8.79. The molecule has 82 valence electrons. The fourth-order valence-corrected chi connectivity index (χ4v) is 1.75. The Morgan fingerprint density at radius 2 is 2.43 bits per heavy atom. The molecule has 2 atom stereocenters. The van der Waals surface area contributed by atoms with Gasteiger partial charge in [-0.2, -0.15) is 0 Å². The zero-order valence-electron chi connectivity index (χ0n) is 8.79. The van der Waals surface area contributed by atoms with E-state index in [1.165, 1.54) is 0 Å². The van der Waals surface area contributed by atoms with Gasteiger partial charge in [0.15, 0.2) is 0 Å². The lowest BCUT2D eigenvalue weighted by atomic mass is 10.0. The number of nitrogens with two attached hydrogens (primary N) is 1. The Morgan fingerprint density at radius 1 is 1.64 bits per heavy atom. The molecule has 0 aromatic carbocycles. The summed E-state index contributed by atoms with van der Waals surface area (Å²) in [7, 11) is 0. The first-order valence-electron chi connectivity index (χ1n) is 5.35. The standard InChI is InChI=1S/C10H20N2O2/c1-2-9-7-8(4-6-14-9)12-5-3-10(11)13/h8-9,12H,2-7H2,1H3,(H2,11,13). The molecule has 4 heteroatoms. The summed E-state index contributed by atoms with van der Waals surface area (Å²) < 4.78 is 5.55. The molecule has 14 heavy (non-hydrogen) atoms. The predicted octanol–water partition coefficient (Wildman–Crippen LogP) is 0.409. The molecule has 0 bridgehead atoms. The van der Waals surface area contributed by atoms with E-state index in [0.717, 1.165) is 25.9 Å². The molecule has 1 amide bonds. The van der Waals surface area contributed by atoms with Gasteiger partial charge in [-0.3, -0.25) is 4.79 Å². The second-order valence-electron chi connectivity index (χ2n) is 3.79. The summed E-state index contributed by atoms with van der Waals surface area (Å²) >= 11 is 0. The minimum absolute atomic E-state index is 0.239. The Morgan fingerprint density at radius 3 is 3.07 bits per heavy atom. The monoisotopic (exact) mass is 200 g/mol. The third-order valence-electron chi connectivity index (χ3n) is 2.63. The van der Waals surface area contributed by atoms with Crippen LogP contribution in [0.3, 0.4) is 0 Å². The topological polar surface area (TPSA) is 64.3 Å². The third-order valence-corrected chi connectivity index (χ3v) is 2.63. The van der Waals surface area contributed by atoms with Crippen LogP contribution in [0, 0.1) is 0 Å². The summed E-state index contributed by atoms with van der Waals surface area (Å²) in [4.78, 5) is 10.5. The molecule has 0 aromatic heterocycles. The maximum absolute atomic E-state index is 10.5. The van der Waals surface area contributed by atoms with E-state index >= 15 is 0 Å². The number of amides is 1. The van der Waals surface area contributed by atoms with Crippen molar-refractivity contribution in [2.75, 3.05) is 13.2 Å². The number of primary amides is 1. The second-order valence-corrected chi connectivity index (χ2v) is 3.79. The quantitative estimate of drug-likeness (QED) is 0.675. The number of carbonyl (C=O) groups excluding carboxylic acids is 1. The van der Waals surface area contributed by atoms with Crippen molar-refractivity contribution >= 4 is 5.91 Å². The van der Waals surface area contributed by atoms with Gasteiger partial charge in [0.2, 0.25) is 5.91 Å². The van der Waals surface area contributed by atoms with Crippen LogP contribution in [0.1, 0.15) is 32.6 Å². The molecule has 1 saturated heterocycles. The highest BCUT2D eigenvalue weighted by molar-refractivity contribution is 5.73. The highest BCUT2D eigenvalue weighted by Crippen LogP contribution is 2.15. The number of nitrogens with one attached hydrogen (secondary N) is 1. The summed E-state index contributed by atoms with van der Waals surface area (Å²) in [6.45, 7) is 3.65. The SMILES string of the molecule is CCC1CC(NCCC(N)=O)CCO1. The molecule has 0 spiro atoms. The van der Waals surface area contributed by atoms with Crippen LogP contribution in [-0.2, 0) is 9.53 Å². The number of rotatable bonds is 5. The average molecular weight is 200 g/mol. The average Bonchev–Trinajstić information content (AvgIpc) is 2.18.